The van der Waals surface area contributed by atoms with E-state index in [1.165, 1.54) is 16.7 Å². The minimum Gasteiger partial charge on any atom is -0.340 e. The van der Waals surface area contributed by atoms with E-state index in [2.05, 4.69) is 85.2 Å². The summed E-state index contributed by atoms with van der Waals surface area (Å²) < 4.78 is 0. The van der Waals surface area contributed by atoms with Gasteiger partial charge in [0.2, 0.25) is 5.91 Å². The van der Waals surface area contributed by atoms with E-state index in [1.54, 1.807) is 0 Å². The largest absolute Gasteiger partial charge is 0.340 e. The van der Waals surface area contributed by atoms with Crippen molar-refractivity contribution < 1.29 is 4.79 Å². The van der Waals surface area contributed by atoms with Crippen LogP contribution in [0.1, 0.15) is 49.4 Å². The van der Waals surface area contributed by atoms with Crippen molar-refractivity contribution >= 4 is 5.91 Å². The van der Waals surface area contributed by atoms with E-state index >= 15 is 0 Å². The molecule has 0 N–H and O–H groups in total. The molecule has 3 nitrogen and oxygen atoms in total. The molecule has 0 aromatic heterocycles. The van der Waals surface area contributed by atoms with Crippen LogP contribution in [-0.4, -0.2) is 41.9 Å². The zero-order chi connectivity index (χ0) is 19.2. The van der Waals surface area contributed by atoms with Gasteiger partial charge in [-0.05, 0) is 24.5 Å². The highest BCUT2D eigenvalue weighted by atomic mass is 16.2. The number of benzene rings is 2. The van der Waals surface area contributed by atoms with E-state index < -0.39 is 0 Å². The average molecular weight is 365 g/mol. The quantitative estimate of drug-likeness (QED) is 0.744. The molecule has 3 heteroatoms. The van der Waals surface area contributed by atoms with Crippen molar-refractivity contribution in [1.29, 1.82) is 0 Å². The van der Waals surface area contributed by atoms with Crippen molar-refractivity contribution in [3.63, 3.8) is 0 Å². The molecule has 0 radical (unpaired) electrons. The third-order valence-corrected chi connectivity index (χ3v) is 5.64. The number of hydrogen-bond donors (Lipinski definition) is 0. The van der Waals surface area contributed by atoms with Gasteiger partial charge < -0.3 is 4.90 Å². The molecule has 1 aliphatic rings. The van der Waals surface area contributed by atoms with Crippen LogP contribution in [0.5, 0.6) is 0 Å². The number of rotatable bonds is 6. The van der Waals surface area contributed by atoms with Gasteiger partial charge in [0.25, 0.3) is 0 Å². The molecular formula is C24H32N2O. The Morgan fingerprint density at radius 1 is 0.926 bits per heavy atom. The predicted octanol–water partition coefficient (Wildman–Crippen LogP) is 4.66. The maximum Gasteiger partial charge on any atom is 0.225 e. The van der Waals surface area contributed by atoms with E-state index in [1.807, 2.05) is 0 Å². The van der Waals surface area contributed by atoms with Gasteiger partial charge in [-0.3, -0.25) is 9.69 Å². The summed E-state index contributed by atoms with van der Waals surface area (Å²) in [5, 5.41) is 0. The monoisotopic (exact) mass is 364 g/mol. The summed E-state index contributed by atoms with van der Waals surface area (Å²) >= 11 is 0. The smallest absolute Gasteiger partial charge is 0.225 e. The van der Waals surface area contributed by atoms with Crippen LogP contribution >= 0.6 is 0 Å². The van der Waals surface area contributed by atoms with E-state index in [0.29, 0.717) is 5.91 Å². The average Bonchev–Trinajstić information content (AvgIpc) is 2.71. The van der Waals surface area contributed by atoms with Crippen LogP contribution in [0.2, 0.25) is 0 Å². The minimum atomic E-state index is 0.142. The van der Waals surface area contributed by atoms with Gasteiger partial charge in [0.1, 0.15) is 0 Å². The maximum absolute atomic E-state index is 12.6. The van der Waals surface area contributed by atoms with Crippen molar-refractivity contribution in [3.8, 4) is 0 Å². The maximum atomic E-state index is 12.6. The minimum absolute atomic E-state index is 0.142. The van der Waals surface area contributed by atoms with Gasteiger partial charge in [-0.25, -0.2) is 0 Å². The molecule has 2 aromatic rings. The van der Waals surface area contributed by atoms with Crippen molar-refractivity contribution in [2.24, 2.45) is 5.92 Å². The van der Waals surface area contributed by atoms with Crippen LogP contribution in [0.4, 0.5) is 0 Å². The number of hydrogen-bond acceptors (Lipinski definition) is 2. The molecule has 27 heavy (non-hydrogen) atoms. The van der Waals surface area contributed by atoms with Gasteiger partial charge >= 0.3 is 0 Å². The van der Waals surface area contributed by atoms with Crippen LogP contribution in [0, 0.1) is 12.8 Å². The van der Waals surface area contributed by atoms with Gasteiger partial charge in [-0.15, -0.1) is 0 Å². The van der Waals surface area contributed by atoms with Gasteiger partial charge in [-0.1, -0.05) is 80.4 Å². The summed E-state index contributed by atoms with van der Waals surface area (Å²) in [5.41, 5.74) is 3.93. The first-order chi connectivity index (χ1) is 13.1. The lowest BCUT2D eigenvalue weighted by Crippen LogP contribution is -2.51. The van der Waals surface area contributed by atoms with E-state index in [0.717, 1.165) is 39.0 Å². The van der Waals surface area contributed by atoms with Crippen LogP contribution in [0.25, 0.3) is 0 Å². The second-order valence-electron chi connectivity index (χ2n) is 7.77. The summed E-state index contributed by atoms with van der Waals surface area (Å²) in [4.78, 5) is 17.2. The molecule has 3 rings (SSSR count). The zero-order valence-electron chi connectivity index (χ0n) is 16.9. The molecule has 144 valence electrons. The van der Waals surface area contributed by atoms with Crippen molar-refractivity contribution in [1.82, 2.24) is 9.80 Å². The lowest BCUT2D eigenvalue weighted by Gasteiger charge is -2.40. The number of carbonyl (C=O) groups excluding carboxylic acids is 1. The molecule has 0 unspecified atom stereocenters. The number of amides is 1. The lowest BCUT2D eigenvalue weighted by atomic mass is 9.95. The molecule has 0 spiro atoms. The first kappa shape index (κ1) is 19.6. The Morgan fingerprint density at radius 2 is 1.52 bits per heavy atom. The van der Waals surface area contributed by atoms with Gasteiger partial charge in [0.05, 0.1) is 6.04 Å². The van der Waals surface area contributed by atoms with E-state index in [-0.39, 0.29) is 12.0 Å². The topological polar surface area (TPSA) is 23.6 Å². The number of nitrogens with zero attached hydrogens (tertiary/aromatic N) is 2. The molecular weight excluding hydrogens is 332 g/mol. The van der Waals surface area contributed by atoms with Gasteiger partial charge in [0.15, 0.2) is 0 Å². The molecule has 0 aliphatic carbocycles. The molecule has 1 amide bonds. The van der Waals surface area contributed by atoms with E-state index in [9.17, 15) is 4.79 Å². The van der Waals surface area contributed by atoms with E-state index in [4.69, 9.17) is 0 Å². The highest BCUT2D eigenvalue weighted by molar-refractivity contribution is 5.78. The standard InChI is InChI=1S/C24H32N2O/c1-4-8-20(3)24(27)26-17-15-25(16-18-26)23(21-9-6-5-7-10-21)22-13-11-19(2)12-14-22/h5-7,9-14,20,23H,4,8,15-18H2,1-3H3/t20-,23-/m1/s1. The summed E-state index contributed by atoms with van der Waals surface area (Å²) in [6.45, 7) is 9.81. The predicted molar refractivity (Wildman–Crippen MR) is 112 cm³/mol. The third kappa shape index (κ3) is 4.78. The van der Waals surface area contributed by atoms with Crippen LogP contribution < -0.4 is 0 Å². The van der Waals surface area contributed by atoms with Crippen molar-refractivity contribution in [2.75, 3.05) is 26.2 Å². The molecule has 0 saturated carbocycles. The number of carbonyl (C=O) groups is 1. The second kappa shape index (κ2) is 9.18. The molecule has 0 bridgehead atoms. The normalized spacial score (nSPS) is 17.5. The lowest BCUT2D eigenvalue weighted by molar-refractivity contribution is -0.137. The van der Waals surface area contributed by atoms with Gasteiger partial charge in [0, 0.05) is 32.1 Å². The SMILES string of the molecule is CCC[C@@H](C)C(=O)N1CCN([C@H](c2ccccc2)c2ccc(C)cc2)CC1. The molecule has 1 heterocycles. The highest BCUT2D eigenvalue weighted by Gasteiger charge is 2.29. The summed E-state index contributed by atoms with van der Waals surface area (Å²) in [6.07, 6.45) is 2.05. The molecule has 1 fully saturated rings. The summed E-state index contributed by atoms with van der Waals surface area (Å²) in [5.74, 6) is 0.465. The second-order valence-corrected chi connectivity index (χ2v) is 7.77. The Hall–Kier alpha value is -2.13. The number of piperazine rings is 1. The summed E-state index contributed by atoms with van der Waals surface area (Å²) in [6, 6.07) is 19.8. The Labute approximate surface area is 164 Å². The fourth-order valence-electron chi connectivity index (χ4n) is 4.07. The Bertz CT molecular complexity index is 718. The first-order valence-corrected chi connectivity index (χ1v) is 10.2. The van der Waals surface area contributed by atoms with Gasteiger partial charge in [-0.2, -0.15) is 0 Å². The Morgan fingerprint density at radius 3 is 2.11 bits per heavy atom. The molecule has 2 atom stereocenters. The molecule has 1 aliphatic heterocycles. The number of aryl methyl sites for hydroxylation is 1. The third-order valence-electron chi connectivity index (χ3n) is 5.64. The van der Waals surface area contributed by atoms with Crippen LogP contribution in [0.15, 0.2) is 54.6 Å². The van der Waals surface area contributed by atoms with Crippen molar-refractivity contribution in [2.45, 2.75) is 39.7 Å². The van der Waals surface area contributed by atoms with Crippen molar-refractivity contribution in [3.05, 3.63) is 71.3 Å². The first-order valence-electron chi connectivity index (χ1n) is 10.2. The fourth-order valence-corrected chi connectivity index (χ4v) is 4.07. The Balaban J connectivity index is 1.75. The molecule has 1 saturated heterocycles. The van der Waals surface area contributed by atoms with Crippen LogP contribution in [0.3, 0.4) is 0 Å². The molecule has 2 aromatic carbocycles. The van der Waals surface area contributed by atoms with Crippen LogP contribution in [-0.2, 0) is 4.79 Å². The zero-order valence-corrected chi connectivity index (χ0v) is 16.9. The highest BCUT2D eigenvalue weighted by Crippen LogP contribution is 2.30. The Kier molecular flexibility index (Phi) is 6.68. The summed E-state index contributed by atoms with van der Waals surface area (Å²) in [7, 11) is 0. The fraction of sp³-hybridized carbons (Fsp3) is 0.458.